The summed E-state index contributed by atoms with van der Waals surface area (Å²) in [6, 6.07) is 16.2. The SMILES string of the molecule is CNC(=O)c1ccc2c(n1)c(N1CCC3(CC1)CC3)c(C#N)c(=O)n2C1CC12CCN(c1c(C#N)c(=O)n(C3CC4(CCN(c5c(C#N)c(=O)[nH]c6ccc(C(C)O)nc56)CC4)C3)c3ccc(C(C)=O)nc13)CC2. The van der Waals surface area contributed by atoms with Gasteiger partial charge >= 0.3 is 0 Å². The Kier molecular flexibility index (Phi) is 10.9. The monoisotopic (exact) mass is 993 g/mol. The summed E-state index contributed by atoms with van der Waals surface area (Å²) in [5, 5.41) is 44.6. The van der Waals surface area contributed by atoms with Crippen molar-refractivity contribution in [2.75, 3.05) is 61.0 Å². The highest BCUT2D eigenvalue weighted by molar-refractivity contribution is 5.99. The maximum Gasteiger partial charge on any atom is 0.271 e. The van der Waals surface area contributed by atoms with Gasteiger partial charge in [-0.25, -0.2) is 15.0 Å². The van der Waals surface area contributed by atoms with Gasteiger partial charge in [0.05, 0.1) is 45.4 Å². The van der Waals surface area contributed by atoms with Crippen molar-refractivity contribution < 1.29 is 14.7 Å². The van der Waals surface area contributed by atoms with Crippen molar-refractivity contribution in [1.82, 2.24) is 34.4 Å². The Balaban J connectivity index is 0.829. The summed E-state index contributed by atoms with van der Waals surface area (Å²) in [5.74, 6) is -0.618. The van der Waals surface area contributed by atoms with Gasteiger partial charge in [0.25, 0.3) is 22.6 Å². The van der Waals surface area contributed by atoms with Gasteiger partial charge in [0.15, 0.2) is 5.78 Å². The molecule has 3 spiro atoms. The number of amides is 1. The predicted octanol–water partition coefficient (Wildman–Crippen LogP) is 5.81. The number of fused-ring (bicyclic) bond motifs is 3. The largest absolute Gasteiger partial charge is 0.387 e. The molecule has 3 aliphatic heterocycles. The molecular formula is C55H55N13O6. The lowest BCUT2D eigenvalue weighted by atomic mass is 9.60. The minimum absolute atomic E-state index is 0.0318. The molecule has 3 saturated carbocycles. The molecule has 2 atom stereocenters. The Bertz CT molecular complexity index is 3740. The second kappa shape index (κ2) is 17.1. The number of anilines is 3. The van der Waals surface area contributed by atoms with Crippen LogP contribution in [-0.4, -0.2) is 92.2 Å². The van der Waals surface area contributed by atoms with E-state index in [2.05, 4.69) is 38.4 Å². The summed E-state index contributed by atoms with van der Waals surface area (Å²) in [4.78, 5) is 91.7. The number of aliphatic hydroxyl groups excluding tert-OH is 1. The van der Waals surface area contributed by atoms with Crippen LogP contribution in [0.4, 0.5) is 17.1 Å². The van der Waals surface area contributed by atoms with Crippen LogP contribution in [0.3, 0.4) is 0 Å². The number of hydrogen-bond donors (Lipinski definition) is 3. The number of carbonyl (C=O) groups is 2. The van der Waals surface area contributed by atoms with Gasteiger partial charge in [-0.1, -0.05) is 0 Å². The van der Waals surface area contributed by atoms with Crippen LogP contribution in [0.2, 0.25) is 0 Å². The normalized spacial score (nSPS) is 20.8. The minimum Gasteiger partial charge on any atom is -0.387 e. The zero-order valence-corrected chi connectivity index (χ0v) is 41.6. The van der Waals surface area contributed by atoms with Crippen LogP contribution in [0.1, 0.15) is 146 Å². The van der Waals surface area contributed by atoms with Crippen LogP contribution in [0.15, 0.2) is 50.8 Å². The first-order chi connectivity index (χ1) is 35.6. The van der Waals surface area contributed by atoms with Gasteiger partial charge in [0, 0.05) is 65.3 Å². The van der Waals surface area contributed by atoms with Crippen molar-refractivity contribution in [3.05, 3.63) is 101 Å². The van der Waals surface area contributed by atoms with Crippen LogP contribution < -0.4 is 36.7 Å². The average Bonchev–Trinajstić information content (AvgIpc) is 4.34. The number of carbonyl (C=O) groups excluding carboxylic acids is 2. The van der Waals surface area contributed by atoms with E-state index >= 15 is 0 Å². The third kappa shape index (κ3) is 7.28. The molecule has 2 unspecified atom stereocenters. The van der Waals surface area contributed by atoms with Crippen LogP contribution in [-0.2, 0) is 0 Å². The predicted molar refractivity (Wildman–Crippen MR) is 275 cm³/mol. The zero-order valence-electron chi connectivity index (χ0n) is 41.6. The molecule has 3 N–H and O–H groups in total. The minimum atomic E-state index is -0.849. The zero-order chi connectivity index (χ0) is 51.6. The molecule has 9 heterocycles. The fraction of sp³-hybridized carbons (Fsp3) is 0.473. The number of hydrogen-bond acceptors (Lipinski definition) is 15. The molecule has 1 amide bonds. The van der Waals surface area contributed by atoms with Crippen molar-refractivity contribution in [3.63, 3.8) is 0 Å². The molecule has 0 radical (unpaired) electrons. The number of pyridine rings is 6. The molecule has 19 nitrogen and oxygen atoms in total. The number of piperidine rings is 3. The van der Waals surface area contributed by atoms with Gasteiger partial charge < -0.3 is 39.2 Å². The van der Waals surface area contributed by atoms with Crippen molar-refractivity contribution in [2.24, 2.45) is 16.2 Å². The summed E-state index contributed by atoms with van der Waals surface area (Å²) in [6.07, 6.45) is 8.12. The number of nitriles is 3. The number of aromatic nitrogens is 6. The van der Waals surface area contributed by atoms with Crippen LogP contribution in [0, 0.1) is 50.2 Å². The number of ketones is 1. The molecule has 6 aromatic rings. The van der Waals surface area contributed by atoms with E-state index < -0.39 is 17.2 Å². The molecule has 19 heteroatoms. The first-order valence-corrected chi connectivity index (χ1v) is 25.8. The number of nitrogens with zero attached hydrogens (tertiary/aromatic N) is 11. The summed E-state index contributed by atoms with van der Waals surface area (Å²) in [6.45, 7) is 6.39. The molecule has 376 valence electrons. The average molecular weight is 994 g/mol. The topological polar surface area (TPSA) is 263 Å². The van der Waals surface area contributed by atoms with Crippen molar-refractivity contribution in [1.29, 1.82) is 15.8 Å². The quantitative estimate of drug-likeness (QED) is 0.152. The van der Waals surface area contributed by atoms with E-state index in [9.17, 15) is 44.9 Å². The van der Waals surface area contributed by atoms with Gasteiger partial charge in [-0.3, -0.25) is 24.0 Å². The fourth-order valence-corrected chi connectivity index (χ4v) is 13.3. The van der Waals surface area contributed by atoms with E-state index in [4.69, 9.17) is 9.97 Å². The smallest absolute Gasteiger partial charge is 0.271 e. The Morgan fingerprint density at radius 1 is 0.662 bits per heavy atom. The summed E-state index contributed by atoms with van der Waals surface area (Å²) in [7, 11) is 1.54. The van der Waals surface area contributed by atoms with E-state index in [1.54, 1.807) is 59.5 Å². The molecule has 6 aromatic heterocycles. The highest BCUT2D eigenvalue weighted by Crippen LogP contribution is 2.63. The van der Waals surface area contributed by atoms with E-state index in [0.717, 1.165) is 12.8 Å². The molecule has 6 fully saturated rings. The lowest BCUT2D eigenvalue weighted by Gasteiger charge is -2.53. The van der Waals surface area contributed by atoms with E-state index in [1.807, 2.05) is 9.80 Å². The first kappa shape index (κ1) is 47.1. The van der Waals surface area contributed by atoms with E-state index in [0.29, 0.717) is 145 Å². The summed E-state index contributed by atoms with van der Waals surface area (Å²) >= 11 is 0. The Morgan fingerprint density at radius 3 is 1.72 bits per heavy atom. The summed E-state index contributed by atoms with van der Waals surface area (Å²) in [5.41, 5.74) is 3.62. The van der Waals surface area contributed by atoms with Crippen molar-refractivity contribution in [2.45, 2.75) is 103 Å². The number of nitrogens with one attached hydrogen (secondary N) is 2. The second-order valence-electron chi connectivity index (χ2n) is 22.0. The highest BCUT2D eigenvalue weighted by Gasteiger charge is 2.58. The summed E-state index contributed by atoms with van der Waals surface area (Å²) < 4.78 is 3.42. The van der Waals surface area contributed by atoms with Gasteiger partial charge in [-0.2, -0.15) is 15.8 Å². The maximum absolute atomic E-state index is 14.8. The Hall–Kier alpha value is -7.95. The Morgan fingerprint density at radius 2 is 1.18 bits per heavy atom. The molecule has 6 aliphatic rings. The molecule has 74 heavy (non-hydrogen) atoms. The van der Waals surface area contributed by atoms with Gasteiger partial charge in [0.2, 0.25) is 0 Å². The van der Waals surface area contributed by atoms with Crippen LogP contribution >= 0.6 is 0 Å². The van der Waals surface area contributed by atoms with Gasteiger partial charge in [0.1, 0.15) is 62.8 Å². The standard InChI is InChI=1S/C55H55N13O6/c1-30(69)36-4-5-38-43(60-36)46(33(27-56)49(71)63-38)64-20-14-54(15-21-64)24-32(25-54)67-40-8-6-37(31(2)70)61-44(40)47(34(28-57)51(67)73)66-22-16-55(17-23-66)26-42(55)68-41-9-7-39(50(72)59-3)62-45(41)48(35(29-58)52(68)74)65-18-12-53(10-11-53)13-19-65/h4-9,30,32,42,69H,10-26H2,1-3H3,(H,59,72)(H,63,71). The molecule has 0 aromatic carbocycles. The van der Waals surface area contributed by atoms with Crippen molar-refractivity contribution >= 4 is 61.9 Å². The molecule has 12 rings (SSSR count). The molecule has 3 aliphatic carbocycles. The number of H-pyrrole nitrogens is 1. The number of Topliss-reactive ketones (excluding diaryl/α,β-unsaturated/α-hetero) is 1. The van der Waals surface area contributed by atoms with Crippen molar-refractivity contribution in [3.8, 4) is 18.2 Å². The number of aromatic amines is 1. The first-order valence-electron chi connectivity index (χ1n) is 25.8. The highest BCUT2D eigenvalue weighted by atomic mass is 16.3. The molecule has 0 bridgehead atoms. The van der Waals surface area contributed by atoms with Crippen LogP contribution in [0.5, 0.6) is 0 Å². The third-order valence-corrected chi connectivity index (χ3v) is 18.0. The lowest BCUT2D eigenvalue weighted by Crippen LogP contribution is -2.50. The molecule has 3 saturated heterocycles. The third-order valence-electron chi connectivity index (χ3n) is 18.0. The fourth-order valence-electron chi connectivity index (χ4n) is 13.3. The van der Waals surface area contributed by atoms with E-state index in [-0.39, 0.29) is 68.2 Å². The van der Waals surface area contributed by atoms with Gasteiger partial charge in [-0.15, -0.1) is 0 Å². The van der Waals surface area contributed by atoms with Gasteiger partial charge in [-0.05, 0) is 130 Å². The number of aliphatic hydroxyl groups is 1. The second-order valence-corrected chi connectivity index (χ2v) is 22.0. The van der Waals surface area contributed by atoms with Crippen LogP contribution in [0.25, 0.3) is 33.1 Å². The Labute approximate surface area is 424 Å². The maximum atomic E-state index is 14.8. The molecular weight excluding hydrogens is 939 g/mol. The van der Waals surface area contributed by atoms with E-state index in [1.165, 1.54) is 19.8 Å². The lowest BCUT2D eigenvalue weighted by molar-refractivity contribution is 0.0357. The number of rotatable bonds is 8.